The Kier molecular flexibility index (Phi) is 5.79. The molecular weight excluding hydrogens is 428 g/mol. The topological polar surface area (TPSA) is 109 Å². The smallest absolute Gasteiger partial charge is 0.206 e. The fourth-order valence-electron chi connectivity index (χ4n) is 3.22. The average Bonchev–Trinajstić information content (AvgIpc) is 2.80. The summed E-state index contributed by atoms with van der Waals surface area (Å²) < 4.78 is 31.4. The molecule has 0 fully saturated rings. The van der Waals surface area contributed by atoms with Crippen LogP contribution in [0.25, 0.3) is 10.8 Å². The zero-order valence-electron chi connectivity index (χ0n) is 17.1. The van der Waals surface area contributed by atoms with Crippen LogP contribution in [-0.4, -0.2) is 25.2 Å². The molecule has 4 aromatic carbocycles. The SMILES string of the molecule is CCOc1ccc(S(=O)(=O)c2ccc(O)c(N=Nc3c(O)ccc4ccccc34)c2)cc1. The number of nitrogens with zero attached hydrogens (tertiary/aromatic N) is 2. The fourth-order valence-corrected chi connectivity index (χ4v) is 4.50. The van der Waals surface area contributed by atoms with Crippen molar-refractivity contribution in [1.29, 1.82) is 0 Å². The fraction of sp³-hybridized carbons (Fsp3) is 0.0833. The van der Waals surface area contributed by atoms with E-state index in [2.05, 4.69) is 10.2 Å². The van der Waals surface area contributed by atoms with Gasteiger partial charge >= 0.3 is 0 Å². The Hall–Kier alpha value is -3.91. The highest BCUT2D eigenvalue weighted by atomic mass is 32.2. The number of ether oxygens (including phenoxy) is 1. The van der Waals surface area contributed by atoms with Gasteiger partial charge in [-0.15, -0.1) is 10.2 Å². The van der Waals surface area contributed by atoms with E-state index in [1.54, 1.807) is 24.3 Å². The molecule has 162 valence electrons. The summed E-state index contributed by atoms with van der Waals surface area (Å²) in [6, 6.07) is 20.5. The summed E-state index contributed by atoms with van der Waals surface area (Å²) in [6.07, 6.45) is 0. The summed E-state index contributed by atoms with van der Waals surface area (Å²) in [7, 11) is -3.85. The molecule has 0 saturated carbocycles. The summed E-state index contributed by atoms with van der Waals surface area (Å²) in [5.41, 5.74) is 0.187. The number of azo groups is 1. The van der Waals surface area contributed by atoms with Crippen molar-refractivity contribution in [2.45, 2.75) is 16.7 Å². The third-order valence-electron chi connectivity index (χ3n) is 4.84. The van der Waals surface area contributed by atoms with Crippen molar-refractivity contribution in [3.63, 3.8) is 0 Å². The Morgan fingerprint density at radius 2 is 1.50 bits per heavy atom. The molecule has 0 heterocycles. The number of hydrogen-bond donors (Lipinski definition) is 2. The first-order chi connectivity index (χ1) is 15.4. The Morgan fingerprint density at radius 1 is 0.812 bits per heavy atom. The van der Waals surface area contributed by atoms with E-state index < -0.39 is 9.84 Å². The minimum Gasteiger partial charge on any atom is -0.506 e. The zero-order valence-corrected chi connectivity index (χ0v) is 18.0. The van der Waals surface area contributed by atoms with Gasteiger partial charge in [-0.05, 0) is 60.8 Å². The predicted molar refractivity (Wildman–Crippen MR) is 121 cm³/mol. The highest BCUT2D eigenvalue weighted by molar-refractivity contribution is 7.91. The molecule has 7 nitrogen and oxygen atoms in total. The molecule has 0 aliphatic heterocycles. The summed E-state index contributed by atoms with van der Waals surface area (Å²) in [5.74, 6) is 0.255. The molecule has 0 amide bonds. The number of benzene rings is 4. The highest BCUT2D eigenvalue weighted by Gasteiger charge is 2.19. The molecule has 0 aliphatic carbocycles. The van der Waals surface area contributed by atoms with Crippen LogP contribution >= 0.6 is 0 Å². The predicted octanol–water partition coefficient (Wildman–Crippen LogP) is 5.90. The van der Waals surface area contributed by atoms with E-state index in [4.69, 9.17) is 4.74 Å². The molecule has 0 aromatic heterocycles. The standard InChI is InChI=1S/C24H20N2O5S/c1-2-31-17-8-10-18(11-9-17)32(29,30)19-12-14-22(27)21(15-19)25-26-24-20-6-4-3-5-16(20)7-13-23(24)28/h3-15,27-28H,2H2,1H3. The summed E-state index contributed by atoms with van der Waals surface area (Å²) in [5, 5.41) is 30.1. The molecular formula is C24H20N2O5S. The molecule has 0 atom stereocenters. The lowest BCUT2D eigenvalue weighted by molar-refractivity contribution is 0.340. The van der Waals surface area contributed by atoms with Gasteiger partial charge in [-0.1, -0.05) is 30.3 Å². The van der Waals surface area contributed by atoms with E-state index in [0.29, 0.717) is 17.7 Å². The molecule has 0 unspecified atom stereocenters. The minimum absolute atomic E-state index is 0.0376. The lowest BCUT2D eigenvalue weighted by Gasteiger charge is -2.08. The van der Waals surface area contributed by atoms with E-state index in [0.717, 1.165) is 5.39 Å². The van der Waals surface area contributed by atoms with Crippen molar-refractivity contribution in [2.75, 3.05) is 6.61 Å². The molecule has 0 saturated heterocycles. The van der Waals surface area contributed by atoms with Crippen LogP contribution in [0.4, 0.5) is 11.4 Å². The molecule has 0 aliphatic rings. The van der Waals surface area contributed by atoms with E-state index >= 15 is 0 Å². The first-order valence-electron chi connectivity index (χ1n) is 9.83. The first kappa shape index (κ1) is 21.3. The average molecular weight is 449 g/mol. The lowest BCUT2D eigenvalue weighted by Crippen LogP contribution is -2.02. The molecule has 0 spiro atoms. The van der Waals surface area contributed by atoms with Crippen molar-refractivity contribution in [3.8, 4) is 17.2 Å². The van der Waals surface area contributed by atoms with Crippen LogP contribution in [0.15, 0.2) is 98.9 Å². The van der Waals surface area contributed by atoms with Crippen molar-refractivity contribution >= 4 is 32.0 Å². The molecule has 4 rings (SSSR count). The van der Waals surface area contributed by atoms with Crippen molar-refractivity contribution in [1.82, 2.24) is 0 Å². The molecule has 0 bridgehead atoms. The van der Waals surface area contributed by atoms with Crippen LogP contribution in [0.1, 0.15) is 6.92 Å². The summed E-state index contributed by atoms with van der Waals surface area (Å²) in [6.45, 7) is 2.32. The second-order valence-electron chi connectivity index (χ2n) is 6.91. The number of sulfone groups is 1. The molecule has 32 heavy (non-hydrogen) atoms. The molecule has 8 heteroatoms. The molecule has 2 N–H and O–H groups in total. The van der Waals surface area contributed by atoms with Crippen LogP contribution in [0.5, 0.6) is 17.2 Å². The Morgan fingerprint density at radius 3 is 2.25 bits per heavy atom. The first-order valence-corrected chi connectivity index (χ1v) is 11.3. The number of rotatable bonds is 6. The lowest BCUT2D eigenvalue weighted by atomic mass is 10.1. The van der Waals surface area contributed by atoms with Gasteiger partial charge in [-0.3, -0.25) is 0 Å². The number of aromatic hydroxyl groups is 2. The van der Waals surface area contributed by atoms with Crippen molar-refractivity contribution in [3.05, 3.63) is 78.9 Å². The summed E-state index contributed by atoms with van der Waals surface area (Å²) in [4.78, 5) is 0.0387. The van der Waals surface area contributed by atoms with Crippen LogP contribution in [-0.2, 0) is 9.84 Å². The second kappa shape index (κ2) is 8.68. The monoisotopic (exact) mass is 448 g/mol. The zero-order chi connectivity index (χ0) is 22.7. The number of phenolic OH excluding ortho intramolecular Hbond substituents is 2. The van der Waals surface area contributed by atoms with Crippen LogP contribution < -0.4 is 4.74 Å². The van der Waals surface area contributed by atoms with Gasteiger partial charge in [0.05, 0.1) is 16.4 Å². The van der Waals surface area contributed by atoms with Gasteiger partial charge in [0.2, 0.25) is 9.84 Å². The van der Waals surface area contributed by atoms with Gasteiger partial charge in [0.1, 0.15) is 28.6 Å². The van der Waals surface area contributed by atoms with Crippen LogP contribution in [0.2, 0.25) is 0 Å². The van der Waals surface area contributed by atoms with Crippen molar-refractivity contribution < 1.29 is 23.4 Å². The summed E-state index contributed by atoms with van der Waals surface area (Å²) >= 11 is 0. The Labute approximate surface area is 185 Å². The Bertz CT molecular complexity index is 1410. The second-order valence-corrected chi connectivity index (χ2v) is 8.86. The maximum absolute atomic E-state index is 13.0. The minimum atomic E-state index is -3.85. The van der Waals surface area contributed by atoms with Gasteiger partial charge in [-0.2, -0.15) is 0 Å². The largest absolute Gasteiger partial charge is 0.506 e. The number of hydrogen-bond acceptors (Lipinski definition) is 7. The van der Waals surface area contributed by atoms with Gasteiger partial charge in [0.15, 0.2) is 0 Å². The number of fused-ring (bicyclic) bond motifs is 1. The highest BCUT2D eigenvalue weighted by Crippen LogP contribution is 2.38. The van der Waals surface area contributed by atoms with Gasteiger partial charge < -0.3 is 14.9 Å². The maximum Gasteiger partial charge on any atom is 0.206 e. The quantitative estimate of drug-likeness (QED) is 0.357. The van der Waals surface area contributed by atoms with E-state index in [1.807, 2.05) is 25.1 Å². The van der Waals surface area contributed by atoms with Gasteiger partial charge in [0, 0.05) is 5.39 Å². The molecule has 0 radical (unpaired) electrons. The van der Waals surface area contributed by atoms with Crippen molar-refractivity contribution in [2.24, 2.45) is 10.2 Å². The number of phenols is 2. The van der Waals surface area contributed by atoms with E-state index in [1.165, 1.54) is 36.4 Å². The van der Waals surface area contributed by atoms with Crippen LogP contribution in [0.3, 0.4) is 0 Å². The Balaban J connectivity index is 1.72. The van der Waals surface area contributed by atoms with E-state index in [9.17, 15) is 18.6 Å². The van der Waals surface area contributed by atoms with Gasteiger partial charge in [0.25, 0.3) is 0 Å². The van der Waals surface area contributed by atoms with Crippen LogP contribution in [0, 0.1) is 0 Å². The maximum atomic E-state index is 13.0. The normalized spacial score (nSPS) is 11.8. The van der Waals surface area contributed by atoms with Gasteiger partial charge in [-0.25, -0.2) is 8.42 Å². The third-order valence-corrected chi connectivity index (χ3v) is 6.61. The third kappa shape index (κ3) is 4.13. The van der Waals surface area contributed by atoms with E-state index in [-0.39, 0.29) is 32.7 Å². The molecule has 4 aromatic rings.